The quantitative estimate of drug-likeness (QED) is 0.614. The van der Waals surface area contributed by atoms with Gasteiger partial charge in [-0.3, -0.25) is 9.59 Å². The first-order chi connectivity index (χ1) is 16.5. The molecule has 2 fully saturated rings. The van der Waals surface area contributed by atoms with Crippen LogP contribution in [0, 0.1) is 0 Å². The maximum absolute atomic E-state index is 12.6. The summed E-state index contributed by atoms with van der Waals surface area (Å²) in [5, 5.41) is 2.95. The van der Waals surface area contributed by atoms with Crippen LogP contribution in [-0.4, -0.2) is 59.9 Å². The number of carbonyl (C=O) groups excluding carboxylic acids is 2. The number of hydrogen-bond acceptors (Lipinski definition) is 4. The molecule has 2 heterocycles. The van der Waals surface area contributed by atoms with Gasteiger partial charge in [-0.15, -0.1) is 0 Å². The zero-order chi connectivity index (χ0) is 23.9. The summed E-state index contributed by atoms with van der Waals surface area (Å²) in [5.41, 5.74) is 2.62. The summed E-state index contributed by atoms with van der Waals surface area (Å²) in [6.07, 6.45) is 6.91. The first kappa shape index (κ1) is 24.3. The van der Waals surface area contributed by atoms with Crippen LogP contribution >= 0.6 is 0 Å². The number of piperidine rings is 1. The smallest absolute Gasteiger partial charge is 0.260 e. The number of ether oxygens (including phenoxy) is 1. The third kappa shape index (κ3) is 6.38. The maximum Gasteiger partial charge on any atom is 0.260 e. The van der Waals surface area contributed by atoms with E-state index in [-0.39, 0.29) is 30.5 Å². The van der Waals surface area contributed by atoms with Crippen LogP contribution in [-0.2, 0) is 11.2 Å². The summed E-state index contributed by atoms with van der Waals surface area (Å²) >= 11 is 0. The van der Waals surface area contributed by atoms with E-state index in [0.29, 0.717) is 11.3 Å². The number of hydrogen-bond donors (Lipinski definition) is 1. The van der Waals surface area contributed by atoms with Crippen molar-refractivity contribution in [3.05, 3.63) is 59.7 Å². The highest BCUT2D eigenvalue weighted by molar-refractivity contribution is 6.04. The normalized spacial score (nSPS) is 20.8. The Kier molecular flexibility index (Phi) is 8.22. The summed E-state index contributed by atoms with van der Waals surface area (Å²) in [4.78, 5) is 29.7. The van der Waals surface area contributed by atoms with E-state index in [4.69, 9.17) is 4.74 Å². The lowest BCUT2D eigenvalue weighted by molar-refractivity contribution is -0.139. The minimum absolute atomic E-state index is 0.0182. The van der Waals surface area contributed by atoms with Gasteiger partial charge in [-0.05, 0) is 107 Å². The van der Waals surface area contributed by atoms with Crippen LogP contribution in [0.25, 0.3) is 0 Å². The highest BCUT2D eigenvalue weighted by atomic mass is 16.5. The lowest BCUT2D eigenvalue weighted by Gasteiger charge is -2.38. The van der Waals surface area contributed by atoms with Crippen molar-refractivity contribution in [1.29, 1.82) is 0 Å². The first-order valence-corrected chi connectivity index (χ1v) is 12.7. The van der Waals surface area contributed by atoms with Crippen LogP contribution < -0.4 is 10.1 Å². The van der Waals surface area contributed by atoms with E-state index in [2.05, 4.69) is 36.2 Å². The Bertz CT molecular complexity index is 942. The van der Waals surface area contributed by atoms with Gasteiger partial charge in [0.15, 0.2) is 6.61 Å². The molecule has 1 N–H and O–H groups in total. The van der Waals surface area contributed by atoms with Gasteiger partial charge in [-0.2, -0.15) is 0 Å². The average Bonchev–Trinajstić information content (AvgIpc) is 3.36. The van der Waals surface area contributed by atoms with Gasteiger partial charge >= 0.3 is 0 Å². The minimum atomic E-state index is -0.164. The highest BCUT2D eigenvalue weighted by Gasteiger charge is 2.29. The Morgan fingerprint density at radius 3 is 2.21 bits per heavy atom. The third-order valence-electron chi connectivity index (χ3n) is 7.09. The minimum Gasteiger partial charge on any atom is -0.484 e. The van der Waals surface area contributed by atoms with Crippen molar-refractivity contribution in [1.82, 2.24) is 9.80 Å². The van der Waals surface area contributed by atoms with Crippen molar-refractivity contribution in [3.8, 4) is 5.75 Å². The Morgan fingerprint density at radius 1 is 0.912 bits per heavy atom. The molecule has 0 aromatic heterocycles. The number of anilines is 1. The second-order valence-electron chi connectivity index (χ2n) is 9.69. The molecule has 2 amide bonds. The summed E-state index contributed by atoms with van der Waals surface area (Å²) < 4.78 is 5.72. The molecule has 0 aliphatic carbocycles. The summed E-state index contributed by atoms with van der Waals surface area (Å²) in [5.74, 6) is 0.443. The second-order valence-corrected chi connectivity index (χ2v) is 9.69. The van der Waals surface area contributed by atoms with E-state index in [0.717, 1.165) is 31.5 Å². The predicted molar refractivity (Wildman–Crippen MR) is 135 cm³/mol. The standard InChI is InChI=1S/C28H37N3O3/c1-21-6-5-7-22(2)31(21)27(32)20-34-26-14-10-24(11-15-26)28(33)29-25-12-8-23(9-13-25)16-19-30-17-3-4-18-30/h8-15,21-22H,3-7,16-20H2,1-2H3,(H,29,33). The van der Waals surface area contributed by atoms with E-state index in [1.165, 1.54) is 37.9 Å². The topological polar surface area (TPSA) is 61.9 Å². The van der Waals surface area contributed by atoms with Gasteiger partial charge in [0.1, 0.15) is 5.75 Å². The number of rotatable bonds is 8. The molecule has 0 bridgehead atoms. The maximum atomic E-state index is 12.6. The largest absolute Gasteiger partial charge is 0.484 e. The van der Waals surface area contributed by atoms with E-state index in [1.54, 1.807) is 24.3 Å². The van der Waals surface area contributed by atoms with E-state index >= 15 is 0 Å². The van der Waals surface area contributed by atoms with E-state index < -0.39 is 0 Å². The second kappa shape index (κ2) is 11.5. The van der Waals surface area contributed by atoms with Gasteiger partial charge in [-0.1, -0.05) is 12.1 Å². The SMILES string of the molecule is CC1CCCC(C)N1C(=O)COc1ccc(C(=O)Nc2ccc(CCN3CCCC3)cc2)cc1. The van der Waals surface area contributed by atoms with Gasteiger partial charge in [0.25, 0.3) is 11.8 Å². The van der Waals surface area contributed by atoms with E-state index in [1.807, 2.05) is 17.0 Å². The van der Waals surface area contributed by atoms with Crippen LogP contribution in [0.5, 0.6) is 5.75 Å². The van der Waals surface area contributed by atoms with Gasteiger partial charge in [0.05, 0.1) is 0 Å². The van der Waals surface area contributed by atoms with Crippen LogP contribution in [0.3, 0.4) is 0 Å². The summed E-state index contributed by atoms with van der Waals surface area (Å²) in [6.45, 7) is 7.74. The van der Waals surface area contributed by atoms with Crippen LogP contribution in [0.1, 0.15) is 61.9 Å². The number of likely N-dealkylation sites (tertiary alicyclic amines) is 2. The fourth-order valence-corrected chi connectivity index (χ4v) is 5.09. The van der Waals surface area contributed by atoms with Crippen molar-refractivity contribution < 1.29 is 14.3 Å². The number of nitrogens with one attached hydrogen (secondary N) is 1. The van der Waals surface area contributed by atoms with Gasteiger partial charge in [0, 0.05) is 29.9 Å². The Labute approximate surface area is 203 Å². The number of benzene rings is 2. The van der Waals surface area contributed by atoms with Crippen molar-refractivity contribution in [2.75, 3.05) is 31.6 Å². The van der Waals surface area contributed by atoms with E-state index in [9.17, 15) is 9.59 Å². The van der Waals surface area contributed by atoms with Crippen molar-refractivity contribution in [3.63, 3.8) is 0 Å². The first-order valence-electron chi connectivity index (χ1n) is 12.7. The molecule has 0 saturated carbocycles. The van der Waals surface area contributed by atoms with Crippen LogP contribution in [0.4, 0.5) is 5.69 Å². The van der Waals surface area contributed by atoms with Gasteiger partial charge in [-0.25, -0.2) is 0 Å². The molecule has 2 unspecified atom stereocenters. The number of carbonyl (C=O) groups is 2. The zero-order valence-electron chi connectivity index (χ0n) is 20.5. The molecule has 182 valence electrons. The molecule has 34 heavy (non-hydrogen) atoms. The Morgan fingerprint density at radius 2 is 1.56 bits per heavy atom. The van der Waals surface area contributed by atoms with Crippen LogP contribution in [0.2, 0.25) is 0 Å². The van der Waals surface area contributed by atoms with Gasteiger partial charge in [0.2, 0.25) is 0 Å². The summed E-state index contributed by atoms with van der Waals surface area (Å²) in [7, 11) is 0. The summed E-state index contributed by atoms with van der Waals surface area (Å²) in [6, 6.07) is 15.5. The Hall–Kier alpha value is -2.86. The predicted octanol–water partition coefficient (Wildman–Crippen LogP) is 4.75. The van der Waals surface area contributed by atoms with Crippen LogP contribution in [0.15, 0.2) is 48.5 Å². The zero-order valence-corrected chi connectivity index (χ0v) is 20.5. The fourth-order valence-electron chi connectivity index (χ4n) is 5.09. The number of amides is 2. The van der Waals surface area contributed by atoms with Gasteiger partial charge < -0.3 is 19.9 Å². The lowest BCUT2D eigenvalue weighted by Crippen LogP contribution is -2.49. The molecule has 2 atom stereocenters. The molecule has 6 heteroatoms. The molecule has 0 radical (unpaired) electrons. The molecule has 0 spiro atoms. The Balaban J connectivity index is 1.24. The molecule has 2 saturated heterocycles. The molecule has 4 rings (SSSR count). The molecule has 2 aromatic carbocycles. The molecule has 2 aliphatic heterocycles. The molecule has 2 aromatic rings. The molecular weight excluding hydrogens is 426 g/mol. The highest BCUT2D eigenvalue weighted by Crippen LogP contribution is 2.23. The monoisotopic (exact) mass is 463 g/mol. The lowest BCUT2D eigenvalue weighted by atomic mass is 9.97. The molecular formula is C28H37N3O3. The number of nitrogens with zero attached hydrogens (tertiary/aromatic N) is 2. The van der Waals surface area contributed by atoms with Crippen molar-refractivity contribution >= 4 is 17.5 Å². The molecule has 2 aliphatic rings. The van der Waals surface area contributed by atoms with Crippen molar-refractivity contribution in [2.24, 2.45) is 0 Å². The third-order valence-corrected chi connectivity index (χ3v) is 7.09. The molecule has 6 nitrogen and oxygen atoms in total. The van der Waals surface area contributed by atoms with Crippen molar-refractivity contribution in [2.45, 2.75) is 64.5 Å². The fraction of sp³-hybridized carbons (Fsp3) is 0.500. The average molecular weight is 464 g/mol.